The van der Waals surface area contributed by atoms with Crippen LogP contribution >= 0.6 is 0 Å². The molecule has 0 bridgehead atoms. The van der Waals surface area contributed by atoms with Crippen molar-refractivity contribution in [2.75, 3.05) is 23.3 Å². The summed E-state index contributed by atoms with van der Waals surface area (Å²) in [6.45, 7) is 2.64. The van der Waals surface area contributed by atoms with Gasteiger partial charge >= 0.3 is 0 Å². The summed E-state index contributed by atoms with van der Waals surface area (Å²) in [5.41, 5.74) is 2.87. The predicted molar refractivity (Wildman–Crippen MR) is 104 cm³/mol. The lowest BCUT2D eigenvalue weighted by atomic mass is 10.1. The third-order valence-corrected chi connectivity index (χ3v) is 4.95. The molecule has 0 atom stereocenters. The highest BCUT2D eigenvalue weighted by Gasteiger charge is 2.17. The number of piperidine rings is 1. The zero-order valence-corrected chi connectivity index (χ0v) is 15.0. The van der Waals surface area contributed by atoms with E-state index in [2.05, 4.69) is 32.3 Å². The van der Waals surface area contributed by atoms with Crippen LogP contribution in [0.5, 0.6) is 0 Å². The monoisotopic (exact) mass is 368 g/mol. The first-order valence-electron chi connectivity index (χ1n) is 9.34. The van der Waals surface area contributed by atoms with Gasteiger partial charge < -0.3 is 10.2 Å². The summed E-state index contributed by atoms with van der Waals surface area (Å²) in [4.78, 5) is 10.4. The number of aromatic nitrogens is 2. The van der Waals surface area contributed by atoms with Gasteiger partial charge in [-0.1, -0.05) is 30.3 Å². The lowest BCUT2D eigenvalue weighted by Crippen LogP contribution is -2.30. The van der Waals surface area contributed by atoms with Crippen LogP contribution in [0.4, 0.5) is 20.3 Å². The van der Waals surface area contributed by atoms with Crippen LogP contribution in [0, 0.1) is 0 Å². The number of nitrogens with one attached hydrogen (secondary N) is 1. The highest BCUT2D eigenvalue weighted by molar-refractivity contribution is 5.89. The van der Waals surface area contributed by atoms with Crippen molar-refractivity contribution in [3.8, 4) is 0 Å². The fourth-order valence-electron chi connectivity index (χ4n) is 3.61. The minimum Gasteiger partial charge on any atom is -0.371 e. The maximum Gasteiger partial charge on any atom is 0.297 e. The highest BCUT2D eigenvalue weighted by atomic mass is 19.3. The van der Waals surface area contributed by atoms with E-state index in [9.17, 15) is 8.78 Å². The molecule has 1 saturated heterocycles. The number of alkyl halides is 2. The van der Waals surface area contributed by atoms with Gasteiger partial charge in [0.15, 0.2) is 5.82 Å². The van der Waals surface area contributed by atoms with Gasteiger partial charge in [0.1, 0.15) is 5.82 Å². The van der Waals surface area contributed by atoms with Gasteiger partial charge in [-0.25, -0.2) is 18.7 Å². The fourth-order valence-corrected chi connectivity index (χ4v) is 3.61. The van der Waals surface area contributed by atoms with Gasteiger partial charge in [0.2, 0.25) is 0 Å². The van der Waals surface area contributed by atoms with E-state index < -0.39 is 12.2 Å². The molecule has 1 aromatic heterocycles. The summed E-state index contributed by atoms with van der Waals surface area (Å²) in [6.07, 6.45) is 0.989. The predicted octanol–water partition coefficient (Wildman–Crippen LogP) is 5.17. The van der Waals surface area contributed by atoms with Crippen LogP contribution in [0.1, 0.15) is 37.1 Å². The molecule has 0 spiro atoms. The molecule has 3 aromatic rings. The number of halogens is 2. The van der Waals surface area contributed by atoms with E-state index in [4.69, 9.17) is 0 Å². The van der Waals surface area contributed by atoms with Gasteiger partial charge in [0.05, 0.1) is 5.52 Å². The summed E-state index contributed by atoms with van der Waals surface area (Å²) in [5.74, 6) is 0.00450. The Balaban J connectivity index is 1.62. The average molecular weight is 368 g/mol. The summed E-state index contributed by atoms with van der Waals surface area (Å²) >= 11 is 0. The van der Waals surface area contributed by atoms with Crippen LogP contribution in [0.15, 0.2) is 48.5 Å². The van der Waals surface area contributed by atoms with E-state index >= 15 is 0 Å². The molecular formula is C21H22F2N4. The van der Waals surface area contributed by atoms with E-state index in [0.29, 0.717) is 17.9 Å². The number of para-hydroxylation sites is 2. The van der Waals surface area contributed by atoms with Crippen LogP contribution < -0.4 is 10.2 Å². The molecule has 0 amide bonds. The molecular weight excluding hydrogens is 346 g/mol. The molecule has 2 aromatic carbocycles. The molecule has 4 rings (SSSR count). The Hall–Kier alpha value is -2.76. The number of rotatable bonds is 5. The van der Waals surface area contributed by atoms with Crippen molar-refractivity contribution < 1.29 is 8.78 Å². The highest BCUT2D eigenvalue weighted by Crippen LogP contribution is 2.27. The Kier molecular flexibility index (Phi) is 5.14. The van der Waals surface area contributed by atoms with E-state index in [-0.39, 0.29) is 0 Å². The van der Waals surface area contributed by atoms with Crippen molar-refractivity contribution in [2.24, 2.45) is 0 Å². The third-order valence-electron chi connectivity index (χ3n) is 4.95. The van der Waals surface area contributed by atoms with E-state index in [1.54, 1.807) is 12.1 Å². The van der Waals surface area contributed by atoms with E-state index in [1.807, 2.05) is 24.3 Å². The van der Waals surface area contributed by atoms with Crippen LogP contribution in [-0.2, 0) is 6.54 Å². The van der Waals surface area contributed by atoms with Gasteiger partial charge in [-0.2, -0.15) is 0 Å². The number of anilines is 2. The molecule has 140 valence electrons. The quantitative estimate of drug-likeness (QED) is 0.675. The van der Waals surface area contributed by atoms with Crippen molar-refractivity contribution >= 4 is 22.4 Å². The Labute approximate surface area is 157 Å². The van der Waals surface area contributed by atoms with Crippen molar-refractivity contribution in [1.29, 1.82) is 0 Å². The molecule has 2 heterocycles. The Bertz CT molecular complexity index is 923. The second-order valence-corrected chi connectivity index (χ2v) is 6.78. The van der Waals surface area contributed by atoms with Gasteiger partial charge in [-0.3, -0.25) is 0 Å². The zero-order chi connectivity index (χ0) is 18.6. The van der Waals surface area contributed by atoms with Crippen LogP contribution in [0.2, 0.25) is 0 Å². The third kappa shape index (κ3) is 3.84. The minimum absolute atomic E-state index is 0.444. The van der Waals surface area contributed by atoms with Crippen molar-refractivity contribution in [1.82, 2.24) is 9.97 Å². The standard InChI is InChI=1S/C21H22F2N4/c22-19(23)21-25-17-10-4-3-9-16(17)20(26-21)24-14-15-8-2-5-11-18(15)27-12-6-1-7-13-27/h2-5,8-11,19H,1,6-7,12-14H2,(H,24,25,26). The van der Waals surface area contributed by atoms with Crippen LogP contribution in [0.25, 0.3) is 10.9 Å². The van der Waals surface area contributed by atoms with Gasteiger partial charge in [-0.15, -0.1) is 0 Å². The molecule has 0 saturated carbocycles. The number of fused-ring (bicyclic) bond motifs is 1. The number of nitrogens with zero attached hydrogens (tertiary/aromatic N) is 3. The van der Waals surface area contributed by atoms with Gasteiger partial charge in [-0.05, 0) is 43.0 Å². The fraction of sp³-hybridized carbons (Fsp3) is 0.333. The molecule has 6 heteroatoms. The topological polar surface area (TPSA) is 41.1 Å². The Morgan fingerprint density at radius 3 is 2.48 bits per heavy atom. The van der Waals surface area contributed by atoms with Crippen molar-refractivity contribution in [3.05, 3.63) is 59.9 Å². The smallest absolute Gasteiger partial charge is 0.297 e. The largest absolute Gasteiger partial charge is 0.371 e. The first-order chi connectivity index (χ1) is 13.2. The van der Waals surface area contributed by atoms with Crippen molar-refractivity contribution in [3.63, 3.8) is 0 Å². The summed E-state index contributed by atoms with van der Waals surface area (Å²) in [7, 11) is 0. The van der Waals surface area contributed by atoms with Crippen molar-refractivity contribution in [2.45, 2.75) is 32.2 Å². The average Bonchev–Trinajstić information content (AvgIpc) is 2.72. The lowest BCUT2D eigenvalue weighted by Gasteiger charge is -2.30. The molecule has 1 fully saturated rings. The molecule has 1 N–H and O–H groups in total. The molecule has 27 heavy (non-hydrogen) atoms. The van der Waals surface area contributed by atoms with Gasteiger partial charge in [0, 0.05) is 30.7 Å². The molecule has 1 aliphatic rings. The molecule has 0 aliphatic carbocycles. The normalized spacial score (nSPS) is 14.7. The van der Waals surface area contributed by atoms with Gasteiger partial charge in [0.25, 0.3) is 6.43 Å². The zero-order valence-electron chi connectivity index (χ0n) is 15.0. The molecule has 4 nitrogen and oxygen atoms in total. The van der Waals surface area contributed by atoms with Crippen LogP contribution in [-0.4, -0.2) is 23.1 Å². The Morgan fingerprint density at radius 1 is 0.926 bits per heavy atom. The molecule has 1 aliphatic heterocycles. The molecule has 0 radical (unpaired) electrons. The number of hydrogen-bond donors (Lipinski definition) is 1. The van der Waals surface area contributed by atoms with Crippen LogP contribution in [0.3, 0.4) is 0 Å². The number of benzene rings is 2. The summed E-state index contributed by atoms with van der Waals surface area (Å²) < 4.78 is 26.4. The maximum absolute atomic E-state index is 13.2. The molecule has 0 unspecified atom stereocenters. The Morgan fingerprint density at radius 2 is 1.67 bits per heavy atom. The second-order valence-electron chi connectivity index (χ2n) is 6.78. The summed E-state index contributed by atoms with van der Waals surface area (Å²) in [6, 6.07) is 15.5. The summed E-state index contributed by atoms with van der Waals surface area (Å²) in [5, 5.41) is 4.02. The van der Waals surface area contributed by atoms with E-state index in [1.165, 1.54) is 24.9 Å². The SMILES string of the molecule is FC(F)c1nc(NCc2ccccc2N2CCCCC2)c2ccccc2n1. The first-order valence-corrected chi connectivity index (χ1v) is 9.34. The van der Waals surface area contributed by atoms with E-state index in [0.717, 1.165) is 24.0 Å². The minimum atomic E-state index is -2.70. The number of hydrogen-bond acceptors (Lipinski definition) is 4. The maximum atomic E-state index is 13.2. The second kappa shape index (κ2) is 7.86. The first kappa shape index (κ1) is 17.6. The lowest BCUT2D eigenvalue weighted by molar-refractivity contribution is 0.141.